The first-order valence-electron chi connectivity index (χ1n) is 7.80. The Balaban J connectivity index is 3.46. The maximum atomic E-state index is 10.2. The van der Waals surface area contributed by atoms with Crippen LogP contribution in [0, 0.1) is 0 Å². The predicted octanol–water partition coefficient (Wildman–Crippen LogP) is 5.41. The van der Waals surface area contributed by atoms with Crippen LogP contribution in [0.15, 0.2) is 35.8 Å². The lowest BCUT2D eigenvalue weighted by Crippen LogP contribution is -1.91. The Morgan fingerprint density at radius 3 is 2.40 bits per heavy atom. The summed E-state index contributed by atoms with van der Waals surface area (Å²) in [6.45, 7) is 2.24. The van der Waals surface area contributed by atoms with Crippen molar-refractivity contribution in [2.75, 3.05) is 0 Å². The van der Waals surface area contributed by atoms with E-state index in [4.69, 9.17) is 5.11 Å². The van der Waals surface area contributed by atoms with E-state index in [2.05, 4.69) is 24.5 Å². The third kappa shape index (κ3) is 16.5. The van der Waals surface area contributed by atoms with Gasteiger partial charge < -0.3 is 5.11 Å². The van der Waals surface area contributed by atoms with Crippen LogP contribution in [0.2, 0.25) is 0 Å². The molecule has 0 saturated heterocycles. The van der Waals surface area contributed by atoms with Crippen molar-refractivity contribution in [1.82, 2.24) is 0 Å². The monoisotopic (exact) mass is 276 g/mol. The van der Waals surface area contributed by atoms with Crippen LogP contribution >= 0.6 is 0 Å². The lowest BCUT2D eigenvalue weighted by atomic mass is 10.1. The van der Waals surface area contributed by atoms with Gasteiger partial charge >= 0.3 is 5.97 Å². The van der Waals surface area contributed by atoms with Crippen molar-refractivity contribution >= 4 is 5.97 Å². The van der Waals surface area contributed by atoms with Crippen LogP contribution in [0.1, 0.15) is 71.1 Å². The molecule has 0 bridgehead atoms. The van der Waals surface area contributed by atoms with Gasteiger partial charge in [-0.25, -0.2) is 0 Å². The number of carbonyl (C=O) groups is 1. The van der Waals surface area contributed by atoms with Crippen molar-refractivity contribution in [3.05, 3.63) is 35.8 Å². The molecule has 0 aliphatic carbocycles. The Morgan fingerprint density at radius 2 is 1.70 bits per heavy atom. The van der Waals surface area contributed by atoms with E-state index in [1.807, 2.05) is 12.2 Å². The maximum Gasteiger partial charge on any atom is 0.303 e. The highest BCUT2D eigenvalue weighted by molar-refractivity contribution is 5.66. The molecule has 0 aliphatic heterocycles. The molecule has 0 rings (SSSR count). The summed E-state index contributed by atoms with van der Waals surface area (Å²) in [7, 11) is 0. The molecule has 1 N–H and O–H groups in total. The fourth-order valence-electron chi connectivity index (χ4n) is 1.81. The molecule has 0 amide bonds. The number of rotatable bonds is 12. The Morgan fingerprint density at radius 1 is 1.00 bits per heavy atom. The zero-order valence-corrected chi connectivity index (χ0v) is 12.7. The van der Waals surface area contributed by atoms with Gasteiger partial charge in [-0.15, -0.1) is 0 Å². The Bertz CT molecular complexity index is 354. The van der Waals surface area contributed by atoms with Crippen molar-refractivity contribution in [1.29, 1.82) is 0 Å². The molecule has 0 radical (unpaired) electrons. The van der Waals surface area contributed by atoms with E-state index in [1.54, 1.807) is 6.08 Å². The van der Waals surface area contributed by atoms with E-state index in [0.717, 1.165) is 6.42 Å². The van der Waals surface area contributed by atoms with Crippen molar-refractivity contribution in [3.8, 4) is 0 Å². The molecule has 0 aromatic heterocycles. The van der Waals surface area contributed by atoms with Crippen molar-refractivity contribution < 1.29 is 9.90 Å². The van der Waals surface area contributed by atoms with Gasteiger partial charge in [0.2, 0.25) is 0 Å². The Labute approximate surface area is 123 Å². The molecule has 0 aromatic carbocycles. The van der Waals surface area contributed by atoms with E-state index >= 15 is 0 Å². The van der Waals surface area contributed by atoms with Crippen LogP contribution in [0.5, 0.6) is 0 Å². The first-order valence-corrected chi connectivity index (χ1v) is 7.80. The second kappa shape index (κ2) is 15.6. The molecular formula is C18H28O2. The first-order chi connectivity index (χ1) is 9.77. The van der Waals surface area contributed by atoms with Crippen molar-refractivity contribution in [2.45, 2.75) is 71.1 Å². The molecule has 112 valence electrons. The normalized spacial score (nSPS) is 10.1. The third-order valence-corrected chi connectivity index (χ3v) is 2.98. The molecule has 2 heteroatoms. The largest absolute Gasteiger partial charge is 0.481 e. The summed E-state index contributed by atoms with van der Waals surface area (Å²) in [6, 6.07) is 0. The van der Waals surface area contributed by atoms with Gasteiger partial charge in [0.05, 0.1) is 0 Å². The molecule has 0 unspecified atom stereocenters. The van der Waals surface area contributed by atoms with E-state index in [1.165, 1.54) is 44.9 Å². The van der Waals surface area contributed by atoms with Gasteiger partial charge in [-0.05, 0) is 31.4 Å². The van der Waals surface area contributed by atoms with E-state index in [9.17, 15) is 4.79 Å². The molecule has 0 aliphatic rings. The SMILES string of the molecule is CCCCCCCCC/C=C/C=C=C=CCCC(=O)O. The summed E-state index contributed by atoms with van der Waals surface area (Å²) in [4.78, 5) is 10.2. The number of carboxylic acid groups (broad SMARTS) is 1. The van der Waals surface area contributed by atoms with Gasteiger partial charge in [-0.2, -0.15) is 0 Å². The summed E-state index contributed by atoms with van der Waals surface area (Å²) in [5, 5.41) is 8.43. The molecule has 0 spiro atoms. The number of hydrogen-bond acceptors (Lipinski definition) is 1. The molecule has 20 heavy (non-hydrogen) atoms. The summed E-state index contributed by atoms with van der Waals surface area (Å²) in [6.07, 6.45) is 18.8. The van der Waals surface area contributed by atoms with Gasteiger partial charge in [0.25, 0.3) is 0 Å². The average molecular weight is 276 g/mol. The van der Waals surface area contributed by atoms with E-state index in [-0.39, 0.29) is 6.42 Å². The average Bonchev–Trinajstić information content (AvgIpc) is 2.43. The molecule has 0 aromatic rings. The number of carboxylic acids is 1. The van der Waals surface area contributed by atoms with Gasteiger partial charge in [0.15, 0.2) is 0 Å². The topological polar surface area (TPSA) is 37.3 Å². The highest BCUT2D eigenvalue weighted by atomic mass is 16.4. The fraction of sp³-hybridized carbons (Fsp3) is 0.611. The lowest BCUT2D eigenvalue weighted by Gasteiger charge is -1.98. The highest BCUT2D eigenvalue weighted by Gasteiger charge is 1.90. The first kappa shape index (κ1) is 18.5. The van der Waals surface area contributed by atoms with Crippen LogP contribution in [-0.2, 0) is 4.79 Å². The van der Waals surface area contributed by atoms with Crippen LogP contribution in [0.3, 0.4) is 0 Å². The lowest BCUT2D eigenvalue weighted by molar-refractivity contribution is -0.136. The summed E-state index contributed by atoms with van der Waals surface area (Å²) in [5.41, 5.74) is 5.70. The van der Waals surface area contributed by atoms with Crippen LogP contribution < -0.4 is 0 Å². The second-order valence-electron chi connectivity index (χ2n) is 4.93. The minimum Gasteiger partial charge on any atom is -0.481 e. The van der Waals surface area contributed by atoms with Gasteiger partial charge in [0, 0.05) is 6.42 Å². The number of hydrogen-bond donors (Lipinski definition) is 1. The Kier molecular flexibility index (Phi) is 14.4. The standard InChI is InChI=1S/C18H28O2/c1-2-3-4-5-6-7-8-9-10-11-12-13-14-15-16-17-18(19)20/h10-12,15H,2-9,16-17H2,1H3,(H,19,20)/b11-10+,15-12?. The summed E-state index contributed by atoms with van der Waals surface area (Å²) < 4.78 is 0. The van der Waals surface area contributed by atoms with Crippen LogP contribution in [0.4, 0.5) is 0 Å². The summed E-state index contributed by atoms with van der Waals surface area (Å²) in [5.74, 6) is -0.776. The molecule has 0 atom stereocenters. The Hall–Kier alpha value is -1.49. The van der Waals surface area contributed by atoms with E-state index in [0.29, 0.717) is 6.42 Å². The quantitative estimate of drug-likeness (QED) is 0.294. The zero-order chi connectivity index (χ0) is 14.9. The highest BCUT2D eigenvalue weighted by Crippen LogP contribution is 2.08. The maximum absolute atomic E-state index is 10.2. The molecule has 0 saturated carbocycles. The van der Waals surface area contributed by atoms with Crippen LogP contribution in [0.25, 0.3) is 0 Å². The molecule has 0 fully saturated rings. The zero-order valence-electron chi connectivity index (χ0n) is 12.7. The minimum absolute atomic E-state index is 0.156. The fourth-order valence-corrected chi connectivity index (χ4v) is 1.81. The van der Waals surface area contributed by atoms with Gasteiger partial charge in [0.1, 0.15) is 0 Å². The van der Waals surface area contributed by atoms with Crippen LogP contribution in [-0.4, -0.2) is 11.1 Å². The minimum atomic E-state index is -0.776. The second-order valence-corrected chi connectivity index (χ2v) is 4.93. The molecular weight excluding hydrogens is 248 g/mol. The summed E-state index contributed by atoms with van der Waals surface area (Å²) >= 11 is 0. The van der Waals surface area contributed by atoms with E-state index < -0.39 is 5.97 Å². The molecule has 0 heterocycles. The van der Waals surface area contributed by atoms with Gasteiger partial charge in [-0.3, -0.25) is 4.79 Å². The number of unbranched alkanes of at least 4 members (excludes halogenated alkanes) is 7. The number of allylic oxidation sites excluding steroid dienone is 4. The van der Waals surface area contributed by atoms with Crippen molar-refractivity contribution in [3.63, 3.8) is 0 Å². The van der Waals surface area contributed by atoms with Gasteiger partial charge in [-0.1, -0.05) is 69.1 Å². The predicted molar refractivity (Wildman–Crippen MR) is 84.8 cm³/mol. The van der Waals surface area contributed by atoms with Crippen molar-refractivity contribution in [2.24, 2.45) is 0 Å². The molecule has 2 nitrogen and oxygen atoms in total. The smallest absolute Gasteiger partial charge is 0.303 e. The third-order valence-electron chi connectivity index (χ3n) is 2.98. The number of aliphatic carboxylic acids is 1.